The lowest BCUT2D eigenvalue weighted by molar-refractivity contribution is 0.166. The van der Waals surface area contributed by atoms with Crippen molar-refractivity contribution in [3.8, 4) is 0 Å². The van der Waals surface area contributed by atoms with Crippen LogP contribution in [0.2, 0.25) is 0 Å². The lowest BCUT2D eigenvalue weighted by atomic mass is 9.97. The third-order valence-electron chi connectivity index (χ3n) is 3.97. The molecule has 17 heavy (non-hydrogen) atoms. The number of fused-ring (bicyclic) bond motifs is 1. The summed E-state index contributed by atoms with van der Waals surface area (Å²) < 4.78 is 0. The van der Waals surface area contributed by atoms with Gasteiger partial charge in [-0.3, -0.25) is 4.79 Å². The fourth-order valence-corrected chi connectivity index (χ4v) is 3.65. The van der Waals surface area contributed by atoms with Crippen LogP contribution in [0.5, 0.6) is 0 Å². The van der Waals surface area contributed by atoms with E-state index in [2.05, 4.69) is 15.2 Å². The van der Waals surface area contributed by atoms with Gasteiger partial charge < -0.3 is 15.2 Å². The fraction of sp³-hybridized carbons (Fsp3) is 0.750. The first-order chi connectivity index (χ1) is 8.31. The lowest BCUT2D eigenvalue weighted by Gasteiger charge is -2.35. The van der Waals surface area contributed by atoms with Gasteiger partial charge in [-0.1, -0.05) is 11.3 Å². The Morgan fingerprint density at radius 1 is 1.47 bits per heavy atom. The predicted octanol–water partition coefficient (Wildman–Crippen LogP) is 1.15. The van der Waals surface area contributed by atoms with E-state index < -0.39 is 0 Å². The molecule has 0 aromatic carbocycles. The van der Waals surface area contributed by atoms with Gasteiger partial charge >= 0.3 is 4.87 Å². The van der Waals surface area contributed by atoms with Crippen molar-refractivity contribution >= 4 is 11.3 Å². The molecule has 0 radical (unpaired) electrons. The molecule has 0 bridgehead atoms. The van der Waals surface area contributed by atoms with Crippen molar-refractivity contribution in [1.29, 1.82) is 0 Å². The molecule has 4 nitrogen and oxygen atoms in total. The zero-order chi connectivity index (χ0) is 11.7. The fourth-order valence-electron chi connectivity index (χ4n) is 3.06. The second-order valence-electron chi connectivity index (χ2n) is 5.11. The van der Waals surface area contributed by atoms with Gasteiger partial charge in [0.25, 0.3) is 0 Å². The van der Waals surface area contributed by atoms with E-state index >= 15 is 0 Å². The average molecular weight is 253 g/mol. The van der Waals surface area contributed by atoms with Crippen LogP contribution in [0.3, 0.4) is 0 Å². The first kappa shape index (κ1) is 11.4. The number of rotatable bonds is 3. The molecule has 2 unspecified atom stereocenters. The summed E-state index contributed by atoms with van der Waals surface area (Å²) >= 11 is 1.25. The monoisotopic (exact) mass is 253 g/mol. The van der Waals surface area contributed by atoms with Crippen LogP contribution in [-0.4, -0.2) is 35.1 Å². The molecule has 2 saturated heterocycles. The molecule has 2 N–H and O–H groups in total. The van der Waals surface area contributed by atoms with E-state index in [0.29, 0.717) is 6.04 Å². The van der Waals surface area contributed by atoms with Crippen LogP contribution >= 0.6 is 11.3 Å². The Hall–Kier alpha value is -0.650. The number of hydrogen-bond acceptors (Lipinski definition) is 4. The second-order valence-corrected chi connectivity index (χ2v) is 5.95. The SMILES string of the molecule is O=c1[nH]c(CNC2CCN3CCCC3C2)cs1. The summed E-state index contributed by atoms with van der Waals surface area (Å²) in [5.41, 5.74) is 1.02. The van der Waals surface area contributed by atoms with E-state index in [1.54, 1.807) is 0 Å². The highest BCUT2D eigenvalue weighted by atomic mass is 32.1. The predicted molar refractivity (Wildman–Crippen MR) is 69.4 cm³/mol. The van der Waals surface area contributed by atoms with Crippen molar-refractivity contribution in [1.82, 2.24) is 15.2 Å². The summed E-state index contributed by atoms with van der Waals surface area (Å²) in [7, 11) is 0. The first-order valence-corrected chi connectivity index (χ1v) is 7.33. The normalized spacial score (nSPS) is 29.4. The lowest BCUT2D eigenvalue weighted by Crippen LogP contribution is -2.45. The first-order valence-electron chi connectivity index (χ1n) is 6.45. The minimum Gasteiger partial charge on any atom is -0.315 e. The van der Waals surface area contributed by atoms with Crippen molar-refractivity contribution in [2.45, 2.75) is 44.3 Å². The molecule has 2 atom stereocenters. The maximum absolute atomic E-state index is 11.0. The largest absolute Gasteiger partial charge is 0.315 e. The van der Waals surface area contributed by atoms with E-state index in [4.69, 9.17) is 0 Å². The number of H-pyrrole nitrogens is 1. The highest BCUT2D eigenvalue weighted by Gasteiger charge is 2.31. The molecule has 0 saturated carbocycles. The van der Waals surface area contributed by atoms with Crippen LogP contribution in [0.15, 0.2) is 10.2 Å². The quantitative estimate of drug-likeness (QED) is 0.849. The Balaban J connectivity index is 1.51. The van der Waals surface area contributed by atoms with Crippen molar-refractivity contribution in [3.05, 3.63) is 20.7 Å². The van der Waals surface area contributed by atoms with Crippen LogP contribution in [-0.2, 0) is 6.54 Å². The van der Waals surface area contributed by atoms with Crippen LogP contribution in [0, 0.1) is 0 Å². The van der Waals surface area contributed by atoms with Gasteiger partial charge in [-0.15, -0.1) is 0 Å². The van der Waals surface area contributed by atoms with Gasteiger partial charge in [-0.05, 0) is 38.8 Å². The van der Waals surface area contributed by atoms with Gasteiger partial charge in [0, 0.05) is 29.7 Å². The minimum absolute atomic E-state index is 0.0485. The maximum atomic E-state index is 11.0. The van der Waals surface area contributed by atoms with Crippen LogP contribution < -0.4 is 10.2 Å². The molecular formula is C12H19N3OS. The minimum atomic E-state index is 0.0485. The summed E-state index contributed by atoms with van der Waals surface area (Å²) in [6, 6.07) is 1.43. The summed E-state index contributed by atoms with van der Waals surface area (Å²) in [5.74, 6) is 0. The molecule has 0 amide bonds. The third kappa shape index (κ3) is 2.61. The van der Waals surface area contributed by atoms with Crippen molar-refractivity contribution in [2.75, 3.05) is 13.1 Å². The van der Waals surface area contributed by atoms with Gasteiger partial charge in [0.2, 0.25) is 0 Å². The van der Waals surface area contributed by atoms with Gasteiger partial charge in [0.1, 0.15) is 0 Å². The number of hydrogen-bond donors (Lipinski definition) is 2. The molecule has 0 aliphatic carbocycles. The van der Waals surface area contributed by atoms with E-state index in [1.807, 2.05) is 5.38 Å². The van der Waals surface area contributed by atoms with Gasteiger partial charge in [0.15, 0.2) is 0 Å². The summed E-state index contributed by atoms with van der Waals surface area (Å²) in [6.45, 7) is 3.34. The molecule has 0 spiro atoms. The zero-order valence-corrected chi connectivity index (χ0v) is 10.8. The van der Waals surface area contributed by atoms with E-state index in [0.717, 1.165) is 18.3 Å². The summed E-state index contributed by atoms with van der Waals surface area (Å²) in [6.07, 6.45) is 5.25. The molecule has 1 aromatic heterocycles. The number of piperidine rings is 1. The zero-order valence-electron chi connectivity index (χ0n) is 9.95. The Labute approximate surface area is 105 Å². The van der Waals surface area contributed by atoms with E-state index in [1.165, 1.54) is 50.1 Å². The van der Waals surface area contributed by atoms with Crippen LogP contribution in [0.4, 0.5) is 0 Å². The number of nitrogens with one attached hydrogen (secondary N) is 2. The third-order valence-corrected chi connectivity index (χ3v) is 4.69. The van der Waals surface area contributed by atoms with Gasteiger partial charge in [0.05, 0.1) is 0 Å². The Bertz CT molecular complexity index is 427. The highest BCUT2D eigenvalue weighted by molar-refractivity contribution is 7.07. The number of nitrogens with zero attached hydrogens (tertiary/aromatic N) is 1. The molecule has 2 fully saturated rings. The molecule has 5 heteroatoms. The van der Waals surface area contributed by atoms with Crippen LogP contribution in [0.25, 0.3) is 0 Å². The number of aromatic amines is 1. The standard InChI is InChI=1S/C12H19N3OS/c16-12-14-10(8-17-12)7-13-9-3-5-15-4-1-2-11(15)6-9/h8-9,11,13H,1-7H2,(H,14,16). The van der Waals surface area contributed by atoms with Gasteiger partial charge in [-0.2, -0.15) is 0 Å². The van der Waals surface area contributed by atoms with Gasteiger partial charge in [-0.25, -0.2) is 0 Å². The Kier molecular flexibility index (Phi) is 3.31. The Morgan fingerprint density at radius 2 is 2.41 bits per heavy atom. The van der Waals surface area contributed by atoms with Crippen molar-refractivity contribution in [3.63, 3.8) is 0 Å². The molecule has 3 heterocycles. The number of aromatic nitrogens is 1. The van der Waals surface area contributed by atoms with Crippen molar-refractivity contribution in [2.24, 2.45) is 0 Å². The van der Waals surface area contributed by atoms with Crippen LogP contribution in [0.1, 0.15) is 31.4 Å². The molecule has 2 aliphatic heterocycles. The summed E-state index contributed by atoms with van der Waals surface area (Å²) in [5, 5.41) is 5.49. The van der Waals surface area contributed by atoms with E-state index in [9.17, 15) is 4.79 Å². The smallest absolute Gasteiger partial charge is 0.304 e. The molecular weight excluding hydrogens is 234 g/mol. The topological polar surface area (TPSA) is 48.1 Å². The van der Waals surface area contributed by atoms with Crippen molar-refractivity contribution < 1.29 is 0 Å². The molecule has 3 rings (SSSR count). The highest BCUT2D eigenvalue weighted by Crippen LogP contribution is 2.26. The summed E-state index contributed by atoms with van der Waals surface area (Å²) in [4.78, 5) is 16.5. The Morgan fingerprint density at radius 3 is 3.24 bits per heavy atom. The number of thiazole rings is 1. The molecule has 2 aliphatic rings. The molecule has 94 valence electrons. The van der Waals surface area contributed by atoms with E-state index in [-0.39, 0.29) is 4.87 Å². The average Bonchev–Trinajstić information content (AvgIpc) is 2.94. The molecule has 1 aromatic rings. The second kappa shape index (κ2) is 4.92. The maximum Gasteiger partial charge on any atom is 0.304 e.